The van der Waals surface area contributed by atoms with Crippen LogP contribution in [0.25, 0.3) is 0 Å². The largest absolute Gasteiger partial charge is 0.378 e. The summed E-state index contributed by atoms with van der Waals surface area (Å²) in [5.74, 6) is -1.34. The van der Waals surface area contributed by atoms with Gasteiger partial charge in [-0.15, -0.1) is 12.4 Å². The molecule has 1 aliphatic heterocycles. The zero-order valence-electron chi connectivity index (χ0n) is 20.8. The highest BCUT2D eigenvalue weighted by atomic mass is 35.5. The molecule has 3 saturated carbocycles. The summed E-state index contributed by atoms with van der Waals surface area (Å²) in [4.78, 5) is 2.52. The number of benzene rings is 1. The average Bonchev–Trinajstić information content (AvgIpc) is 3.71. The van der Waals surface area contributed by atoms with Gasteiger partial charge >= 0.3 is 0 Å². The lowest BCUT2D eigenvalue weighted by Crippen LogP contribution is -2.41. The van der Waals surface area contributed by atoms with Crippen LogP contribution in [0.1, 0.15) is 70.3 Å². The minimum absolute atomic E-state index is 0. The zero-order chi connectivity index (χ0) is 24.2. The molecule has 3 aliphatic carbocycles. The SMILES string of the molecule is CC[C@]1(c2cccc(NS(=O)(=O)C3CC3)c2)[C@@H]2CN(CCCC3(OC)CCC(F)(F)CC3)C[C@@H]21.Cl. The van der Waals surface area contributed by atoms with E-state index < -0.39 is 15.9 Å². The van der Waals surface area contributed by atoms with E-state index in [2.05, 4.69) is 22.6 Å². The molecule has 0 radical (unpaired) electrons. The van der Waals surface area contributed by atoms with Crippen LogP contribution >= 0.6 is 12.4 Å². The number of likely N-dealkylation sites (tertiary alicyclic amines) is 1. The number of ether oxygens (including phenoxy) is 1. The van der Waals surface area contributed by atoms with Gasteiger partial charge in [0.15, 0.2) is 0 Å². The molecule has 1 heterocycles. The quantitative estimate of drug-likeness (QED) is 0.426. The molecule has 5 nitrogen and oxygen atoms in total. The van der Waals surface area contributed by atoms with Crippen LogP contribution in [0.15, 0.2) is 24.3 Å². The molecule has 9 heteroatoms. The Morgan fingerprint density at radius 1 is 1.11 bits per heavy atom. The summed E-state index contributed by atoms with van der Waals surface area (Å²) < 4.78 is 60.5. The molecule has 0 aromatic heterocycles. The third kappa shape index (κ3) is 5.23. The molecular weight excluding hydrogens is 494 g/mol. The maximum Gasteiger partial charge on any atom is 0.248 e. The molecule has 1 N–H and O–H groups in total. The van der Waals surface area contributed by atoms with Crippen LogP contribution in [-0.4, -0.2) is 56.8 Å². The average molecular weight is 533 g/mol. The summed E-state index contributed by atoms with van der Waals surface area (Å²) in [5, 5.41) is -0.229. The molecule has 0 spiro atoms. The van der Waals surface area contributed by atoms with Gasteiger partial charge in [0.25, 0.3) is 0 Å². The molecule has 1 saturated heterocycles. The van der Waals surface area contributed by atoms with Crippen molar-refractivity contribution in [3.63, 3.8) is 0 Å². The topological polar surface area (TPSA) is 58.6 Å². The van der Waals surface area contributed by atoms with E-state index in [0.717, 1.165) is 51.7 Å². The van der Waals surface area contributed by atoms with E-state index in [1.54, 1.807) is 7.11 Å². The van der Waals surface area contributed by atoms with Crippen LogP contribution in [0.4, 0.5) is 14.5 Å². The molecule has 0 unspecified atom stereocenters. The number of nitrogens with one attached hydrogen (secondary N) is 1. The maximum absolute atomic E-state index is 13.6. The van der Waals surface area contributed by atoms with Crippen molar-refractivity contribution in [2.45, 2.75) is 86.9 Å². The van der Waals surface area contributed by atoms with E-state index in [0.29, 0.717) is 30.4 Å². The number of halogens is 3. The Labute approximate surface area is 214 Å². The molecule has 0 bridgehead atoms. The fourth-order valence-electron chi connectivity index (χ4n) is 6.91. The Balaban J connectivity index is 0.00000289. The van der Waals surface area contributed by atoms with Crippen molar-refractivity contribution in [1.29, 1.82) is 0 Å². The molecule has 198 valence electrons. The molecule has 3 atom stereocenters. The van der Waals surface area contributed by atoms with E-state index in [-0.39, 0.29) is 41.5 Å². The molecule has 4 aliphatic rings. The standard InChI is InChI=1S/C26H38F2N2O3S.ClH/c1-3-26(19-6-4-7-20(16-19)29-34(31,32)21-8-9-21)22-17-30(18-23(22)26)15-5-10-24(33-2)11-13-25(27,28)14-12-24;/h4,6-7,16,21-23,29H,3,5,8-15,17-18H2,1-2H3;1H/t22-,23+,26+;. The van der Waals surface area contributed by atoms with Gasteiger partial charge in [0.1, 0.15) is 0 Å². The number of hydrogen-bond acceptors (Lipinski definition) is 4. The van der Waals surface area contributed by atoms with Crippen LogP contribution < -0.4 is 4.72 Å². The number of rotatable bonds is 10. The number of sulfonamides is 1. The van der Waals surface area contributed by atoms with Crippen LogP contribution in [0.3, 0.4) is 0 Å². The highest BCUT2D eigenvalue weighted by Crippen LogP contribution is 2.65. The third-order valence-corrected chi connectivity index (χ3v) is 11.1. The van der Waals surface area contributed by atoms with E-state index in [1.807, 2.05) is 18.2 Å². The third-order valence-electron chi connectivity index (χ3n) is 9.25. The Kier molecular flexibility index (Phi) is 7.53. The van der Waals surface area contributed by atoms with Crippen molar-refractivity contribution in [2.24, 2.45) is 11.8 Å². The molecule has 5 rings (SSSR count). The summed E-state index contributed by atoms with van der Waals surface area (Å²) >= 11 is 0. The maximum atomic E-state index is 13.6. The predicted octanol–water partition coefficient (Wildman–Crippen LogP) is 5.60. The van der Waals surface area contributed by atoms with Crippen molar-refractivity contribution in [1.82, 2.24) is 4.90 Å². The van der Waals surface area contributed by atoms with Crippen molar-refractivity contribution in [3.05, 3.63) is 29.8 Å². The van der Waals surface area contributed by atoms with Gasteiger partial charge in [0.2, 0.25) is 15.9 Å². The first-order valence-corrected chi connectivity index (χ1v) is 14.5. The predicted molar refractivity (Wildman–Crippen MR) is 137 cm³/mol. The number of piperidine rings is 1. The van der Waals surface area contributed by atoms with Crippen molar-refractivity contribution in [2.75, 3.05) is 31.5 Å². The Morgan fingerprint density at radius 3 is 2.34 bits per heavy atom. The first-order valence-electron chi connectivity index (χ1n) is 12.9. The minimum Gasteiger partial charge on any atom is -0.378 e. The zero-order valence-corrected chi connectivity index (χ0v) is 22.4. The molecule has 0 amide bonds. The lowest BCUT2D eigenvalue weighted by atomic mass is 9.79. The Hall–Kier alpha value is -0.960. The number of fused-ring (bicyclic) bond motifs is 1. The van der Waals surface area contributed by atoms with Gasteiger partial charge < -0.3 is 9.64 Å². The Morgan fingerprint density at radius 2 is 1.77 bits per heavy atom. The lowest BCUT2D eigenvalue weighted by molar-refractivity contribution is -0.122. The Bertz CT molecular complexity index is 996. The van der Waals surface area contributed by atoms with Crippen LogP contribution in [0.2, 0.25) is 0 Å². The van der Waals surface area contributed by atoms with E-state index in [1.165, 1.54) is 5.56 Å². The summed E-state index contributed by atoms with van der Waals surface area (Å²) in [6.07, 6.45) is 5.13. The number of alkyl halides is 2. The van der Waals surface area contributed by atoms with Gasteiger partial charge in [0, 0.05) is 44.1 Å². The highest BCUT2D eigenvalue weighted by Gasteiger charge is 2.67. The van der Waals surface area contributed by atoms with E-state index >= 15 is 0 Å². The second-order valence-electron chi connectivity index (χ2n) is 11.1. The normalized spacial score (nSPS) is 31.4. The van der Waals surface area contributed by atoms with Crippen LogP contribution in [0.5, 0.6) is 0 Å². The lowest BCUT2D eigenvalue weighted by Gasteiger charge is -2.39. The van der Waals surface area contributed by atoms with Gasteiger partial charge in [-0.2, -0.15) is 0 Å². The molecule has 4 fully saturated rings. The first-order chi connectivity index (χ1) is 16.1. The monoisotopic (exact) mass is 532 g/mol. The molecule has 1 aromatic rings. The van der Waals surface area contributed by atoms with Gasteiger partial charge in [-0.1, -0.05) is 19.1 Å². The number of methoxy groups -OCH3 is 1. The second-order valence-corrected chi connectivity index (χ2v) is 13.1. The smallest absolute Gasteiger partial charge is 0.248 e. The highest BCUT2D eigenvalue weighted by molar-refractivity contribution is 7.93. The summed E-state index contributed by atoms with van der Waals surface area (Å²) in [6, 6.07) is 8.03. The van der Waals surface area contributed by atoms with E-state index in [9.17, 15) is 17.2 Å². The van der Waals surface area contributed by atoms with Crippen LogP contribution in [-0.2, 0) is 20.2 Å². The number of anilines is 1. The van der Waals surface area contributed by atoms with Gasteiger partial charge in [0.05, 0.1) is 10.9 Å². The van der Waals surface area contributed by atoms with E-state index in [4.69, 9.17) is 4.74 Å². The fraction of sp³-hybridized carbons (Fsp3) is 0.769. The molecular formula is C26H39ClF2N2O3S. The summed E-state index contributed by atoms with van der Waals surface area (Å²) in [5.41, 5.74) is 1.69. The number of hydrogen-bond donors (Lipinski definition) is 1. The van der Waals surface area contributed by atoms with Gasteiger partial charge in [-0.3, -0.25) is 4.72 Å². The van der Waals surface area contributed by atoms with Gasteiger partial charge in [-0.25, -0.2) is 17.2 Å². The molecule has 1 aromatic carbocycles. The number of nitrogens with zero attached hydrogens (tertiary/aromatic N) is 1. The summed E-state index contributed by atoms with van der Waals surface area (Å²) in [7, 11) is -1.59. The van der Waals surface area contributed by atoms with Gasteiger partial charge in [-0.05, 0) is 81.0 Å². The fourth-order valence-corrected chi connectivity index (χ4v) is 8.28. The first kappa shape index (κ1) is 27.1. The summed E-state index contributed by atoms with van der Waals surface area (Å²) in [6.45, 7) is 5.32. The van der Waals surface area contributed by atoms with Crippen molar-refractivity contribution >= 4 is 28.1 Å². The molecule has 35 heavy (non-hydrogen) atoms. The van der Waals surface area contributed by atoms with Crippen molar-refractivity contribution < 1.29 is 21.9 Å². The second kappa shape index (κ2) is 9.73. The van der Waals surface area contributed by atoms with Crippen LogP contribution in [0, 0.1) is 11.8 Å². The minimum atomic E-state index is -3.26. The van der Waals surface area contributed by atoms with Crippen molar-refractivity contribution in [3.8, 4) is 0 Å².